The van der Waals surface area contributed by atoms with Crippen LogP contribution < -0.4 is 21.3 Å². The molecule has 0 aromatic carbocycles. The SMILES string of the molecule is CCCCCCCCC/C=C\C=C\C(=O)N[C@H](C(=O)N[C@@H]1C[C@H](O)CCNC(=O)/C=C\[C@H](C)NC1=O)[C@H](C)O. The van der Waals surface area contributed by atoms with Gasteiger partial charge >= 0.3 is 0 Å². The van der Waals surface area contributed by atoms with Gasteiger partial charge in [0.05, 0.1) is 12.2 Å². The molecule has 0 spiro atoms. The van der Waals surface area contributed by atoms with Gasteiger partial charge in [-0.3, -0.25) is 19.2 Å². The molecule has 0 saturated carbocycles. The van der Waals surface area contributed by atoms with Crippen LogP contribution >= 0.6 is 0 Å². The highest BCUT2D eigenvalue weighted by atomic mass is 16.3. The summed E-state index contributed by atoms with van der Waals surface area (Å²) in [6.45, 7) is 5.43. The molecule has 1 aliphatic heterocycles. The molecule has 1 rings (SSSR count). The Bertz CT molecular complexity index is 855. The quantitative estimate of drug-likeness (QED) is 0.111. The highest BCUT2D eigenvalue weighted by Gasteiger charge is 2.31. The summed E-state index contributed by atoms with van der Waals surface area (Å²) in [5, 5.41) is 30.8. The lowest BCUT2D eigenvalue weighted by atomic mass is 10.0. The van der Waals surface area contributed by atoms with Crippen molar-refractivity contribution in [1.82, 2.24) is 21.3 Å². The first-order valence-corrected chi connectivity index (χ1v) is 14.2. The van der Waals surface area contributed by atoms with E-state index in [1.54, 1.807) is 19.1 Å². The smallest absolute Gasteiger partial charge is 0.245 e. The molecule has 0 aromatic heterocycles. The van der Waals surface area contributed by atoms with Gasteiger partial charge in [0.25, 0.3) is 0 Å². The maximum atomic E-state index is 12.9. The number of carbonyl (C=O) groups is 4. The summed E-state index contributed by atoms with van der Waals surface area (Å²) in [7, 11) is 0. The van der Waals surface area contributed by atoms with Crippen LogP contribution in [0.3, 0.4) is 0 Å². The minimum Gasteiger partial charge on any atom is -0.393 e. The molecule has 1 heterocycles. The lowest BCUT2D eigenvalue weighted by molar-refractivity contribution is -0.134. The monoisotopic (exact) mass is 548 g/mol. The van der Waals surface area contributed by atoms with Gasteiger partial charge in [-0.25, -0.2) is 0 Å². The summed E-state index contributed by atoms with van der Waals surface area (Å²) in [6, 6.07) is -2.92. The molecule has 1 aliphatic rings. The minimum atomic E-state index is -1.30. The van der Waals surface area contributed by atoms with Gasteiger partial charge in [-0.05, 0) is 33.1 Å². The fourth-order valence-electron chi connectivity index (χ4n) is 4.05. The fraction of sp³-hybridized carbons (Fsp3) is 0.655. The molecule has 0 aliphatic carbocycles. The predicted octanol–water partition coefficient (Wildman–Crippen LogP) is 1.92. The van der Waals surface area contributed by atoms with Gasteiger partial charge in [0.1, 0.15) is 12.1 Å². The predicted molar refractivity (Wildman–Crippen MR) is 151 cm³/mol. The van der Waals surface area contributed by atoms with E-state index in [0.29, 0.717) is 0 Å². The third-order valence-electron chi connectivity index (χ3n) is 6.36. The van der Waals surface area contributed by atoms with Crippen molar-refractivity contribution in [3.63, 3.8) is 0 Å². The first-order valence-electron chi connectivity index (χ1n) is 14.2. The minimum absolute atomic E-state index is 0.103. The van der Waals surface area contributed by atoms with E-state index < -0.39 is 48.1 Å². The van der Waals surface area contributed by atoms with Crippen LogP contribution in [-0.2, 0) is 19.2 Å². The summed E-state index contributed by atoms with van der Waals surface area (Å²) < 4.78 is 0. The zero-order chi connectivity index (χ0) is 29.0. The third kappa shape index (κ3) is 15.9. The summed E-state index contributed by atoms with van der Waals surface area (Å²) in [6.07, 6.45) is 16.9. The van der Waals surface area contributed by atoms with E-state index in [1.807, 2.05) is 6.08 Å². The van der Waals surface area contributed by atoms with E-state index in [-0.39, 0.29) is 25.3 Å². The molecule has 5 atom stereocenters. The summed E-state index contributed by atoms with van der Waals surface area (Å²) in [5.41, 5.74) is 0. The Morgan fingerprint density at radius 1 is 1.13 bits per heavy atom. The maximum Gasteiger partial charge on any atom is 0.245 e. The average Bonchev–Trinajstić information content (AvgIpc) is 2.88. The van der Waals surface area contributed by atoms with Gasteiger partial charge in [-0.2, -0.15) is 0 Å². The van der Waals surface area contributed by atoms with E-state index in [4.69, 9.17) is 0 Å². The molecular weight excluding hydrogens is 500 g/mol. The van der Waals surface area contributed by atoms with E-state index in [1.165, 1.54) is 63.7 Å². The standard InChI is InChI=1S/C29H48N4O6/c1-4-5-6-7-8-9-10-11-12-13-14-15-26(37)33-27(22(3)34)29(39)32-24-20-23(35)18-19-30-25(36)17-16-21(2)31-28(24)38/h12-17,21-24,27,34-35H,4-11,18-20H2,1-3H3,(H,30,36)(H,31,38)(H,32,39)(H,33,37)/b13-12-,15-14+,17-16-/t21-,22-,23+,24+,27-/m0/s1. The molecule has 39 heavy (non-hydrogen) atoms. The number of aliphatic hydroxyl groups excluding tert-OH is 2. The van der Waals surface area contributed by atoms with Crippen molar-refractivity contribution in [2.45, 2.75) is 115 Å². The Hall–Kier alpha value is -2.98. The molecule has 10 heteroatoms. The number of allylic oxidation sites excluding steroid dienone is 3. The largest absolute Gasteiger partial charge is 0.393 e. The molecule has 0 fully saturated rings. The van der Waals surface area contributed by atoms with Gasteiger partial charge in [0.15, 0.2) is 0 Å². The number of amides is 4. The van der Waals surface area contributed by atoms with Crippen molar-refractivity contribution in [2.24, 2.45) is 0 Å². The van der Waals surface area contributed by atoms with Gasteiger partial charge in [0, 0.05) is 31.2 Å². The summed E-state index contributed by atoms with van der Waals surface area (Å²) in [4.78, 5) is 49.8. The molecule has 0 bridgehead atoms. The van der Waals surface area contributed by atoms with Crippen molar-refractivity contribution in [1.29, 1.82) is 0 Å². The summed E-state index contributed by atoms with van der Waals surface area (Å²) in [5.74, 6) is -2.20. The molecule has 10 nitrogen and oxygen atoms in total. The average molecular weight is 549 g/mol. The van der Waals surface area contributed by atoms with E-state index in [9.17, 15) is 29.4 Å². The Morgan fingerprint density at radius 3 is 2.51 bits per heavy atom. The zero-order valence-electron chi connectivity index (χ0n) is 23.7. The Labute approximate surface area is 232 Å². The van der Waals surface area contributed by atoms with Crippen molar-refractivity contribution in [2.75, 3.05) is 6.54 Å². The van der Waals surface area contributed by atoms with Crippen molar-refractivity contribution in [3.05, 3.63) is 36.5 Å². The number of carbonyl (C=O) groups excluding carboxylic acids is 4. The van der Waals surface area contributed by atoms with Crippen LogP contribution in [0.25, 0.3) is 0 Å². The highest BCUT2D eigenvalue weighted by Crippen LogP contribution is 2.09. The molecule has 220 valence electrons. The number of unbranched alkanes of at least 4 members (excludes halogenated alkanes) is 7. The summed E-state index contributed by atoms with van der Waals surface area (Å²) >= 11 is 0. The van der Waals surface area contributed by atoms with Crippen LogP contribution in [0.1, 0.15) is 85.0 Å². The van der Waals surface area contributed by atoms with Crippen LogP contribution in [0.4, 0.5) is 0 Å². The maximum absolute atomic E-state index is 12.9. The Morgan fingerprint density at radius 2 is 1.82 bits per heavy atom. The lowest BCUT2D eigenvalue weighted by Crippen LogP contribution is -2.58. The van der Waals surface area contributed by atoms with Crippen LogP contribution in [-0.4, -0.2) is 70.7 Å². The molecule has 6 N–H and O–H groups in total. The zero-order valence-corrected chi connectivity index (χ0v) is 23.7. The number of nitrogens with one attached hydrogen (secondary N) is 4. The fourth-order valence-corrected chi connectivity index (χ4v) is 4.05. The second-order valence-electron chi connectivity index (χ2n) is 10.1. The van der Waals surface area contributed by atoms with Gasteiger partial charge in [-0.15, -0.1) is 0 Å². The second kappa shape index (κ2) is 20.0. The first kappa shape index (κ1) is 34.0. The van der Waals surface area contributed by atoms with E-state index in [2.05, 4.69) is 28.2 Å². The molecule has 0 saturated heterocycles. The van der Waals surface area contributed by atoms with Gasteiger partial charge < -0.3 is 31.5 Å². The topological polar surface area (TPSA) is 157 Å². The lowest BCUT2D eigenvalue weighted by Gasteiger charge is -2.26. The molecule has 0 aromatic rings. The van der Waals surface area contributed by atoms with Crippen molar-refractivity contribution in [3.8, 4) is 0 Å². The van der Waals surface area contributed by atoms with Crippen molar-refractivity contribution >= 4 is 23.6 Å². The Kier molecular flexibility index (Phi) is 17.5. The second-order valence-corrected chi connectivity index (χ2v) is 10.1. The molecule has 0 unspecified atom stereocenters. The van der Waals surface area contributed by atoms with Crippen LogP contribution in [0.5, 0.6) is 0 Å². The molecule has 4 amide bonds. The number of rotatable bonds is 14. The van der Waals surface area contributed by atoms with E-state index >= 15 is 0 Å². The van der Waals surface area contributed by atoms with Crippen LogP contribution in [0.2, 0.25) is 0 Å². The molecule has 0 radical (unpaired) electrons. The first-order chi connectivity index (χ1) is 18.6. The van der Waals surface area contributed by atoms with Crippen LogP contribution in [0.15, 0.2) is 36.5 Å². The normalized spacial score (nSPS) is 23.3. The molecular formula is C29H48N4O6. The van der Waals surface area contributed by atoms with Crippen LogP contribution in [0, 0.1) is 0 Å². The van der Waals surface area contributed by atoms with E-state index in [0.717, 1.165) is 12.8 Å². The number of aliphatic hydroxyl groups is 2. The number of hydrogen-bond donors (Lipinski definition) is 6. The third-order valence-corrected chi connectivity index (χ3v) is 6.36. The van der Waals surface area contributed by atoms with Gasteiger partial charge in [-0.1, -0.05) is 69.8 Å². The highest BCUT2D eigenvalue weighted by molar-refractivity contribution is 5.95. The van der Waals surface area contributed by atoms with Gasteiger partial charge in [0.2, 0.25) is 23.6 Å². The van der Waals surface area contributed by atoms with Crippen molar-refractivity contribution < 1.29 is 29.4 Å². The Balaban J connectivity index is 2.64. The number of hydrogen-bond acceptors (Lipinski definition) is 6.